The zero-order valence-corrected chi connectivity index (χ0v) is 19.1. The standard InChI is InChI=1S/C28H24N2O4/c1-17-7-9-21(18(2)13-17)25-26(29-12-11-20-5-3-4-6-22(20)29)28(32)30(27(25)31)15-19-8-10-23-24(14-19)34-16-33-23/h3-10,13-14H,11-12,15-16H2,1-2H3. The topological polar surface area (TPSA) is 59.1 Å². The minimum Gasteiger partial charge on any atom is -0.454 e. The third kappa shape index (κ3) is 3.17. The number of nitrogens with zero attached hydrogens (tertiary/aromatic N) is 2. The number of benzene rings is 3. The van der Waals surface area contributed by atoms with Crippen LogP contribution in [0.15, 0.2) is 66.4 Å². The Labute approximate surface area is 198 Å². The van der Waals surface area contributed by atoms with E-state index in [9.17, 15) is 9.59 Å². The van der Waals surface area contributed by atoms with Gasteiger partial charge in [-0.05, 0) is 60.7 Å². The zero-order valence-electron chi connectivity index (χ0n) is 19.1. The van der Waals surface area contributed by atoms with Gasteiger partial charge in [0.25, 0.3) is 11.8 Å². The molecule has 3 aromatic carbocycles. The summed E-state index contributed by atoms with van der Waals surface area (Å²) in [6.07, 6.45) is 0.837. The molecule has 3 heterocycles. The molecule has 6 heteroatoms. The van der Waals surface area contributed by atoms with Crippen LogP contribution in [0.3, 0.4) is 0 Å². The molecule has 0 N–H and O–H groups in total. The number of aryl methyl sites for hydroxylation is 2. The van der Waals surface area contributed by atoms with Crippen molar-refractivity contribution in [1.29, 1.82) is 0 Å². The molecule has 3 aliphatic rings. The molecule has 0 saturated heterocycles. The number of hydrogen-bond donors (Lipinski definition) is 0. The highest BCUT2D eigenvalue weighted by Gasteiger charge is 2.43. The Morgan fingerprint density at radius 2 is 1.71 bits per heavy atom. The van der Waals surface area contributed by atoms with E-state index in [4.69, 9.17) is 9.47 Å². The molecule has 6 rings (SSSR count). The fourth-order valence-corrected chi connectivity index (χ4v) is 5.09. The lowest BCUT2D eigenvalue weighted by molar-refractivity contribution is -0.137. The first-order valence-electron chi connectivity index (χ1n) is 11.4. The second-order valence-corrected chi connectivity index (χ2v) is 8.96. The number of carbonyl (C=O) groups excluding carboxylic acids is 2. The van der Waals surface area contributed by atoms with Crippen molar-refractivity contribution in [3.8, 4) is 11.5 Å². The number of anilines is 1. The van der Waals surface area contributed by atoms with Crippen molar-refractivity contribution in [3.63, 3.8) is 0 Å². The maximum absolute atomic E-state index is 13.9. The monoisotopic (exact) mass is 452 g/mol. The number of amides is 2. The first-order valence-corrected chi connectivity index (χ1v) is 11.4. The van der Waals surface area contributed by atoms with E-state index in [2.05, 4.69) is 12.1 Å². The van der Waals surface area contributed by atoms with E-state index in [0.717, 1.165) is 34.4 Å². The second-order valence-electron chi connectivity index (χ2n) is 8.96. The van der Waals surface area contributed by atoms with Gasteiger partial charge >= 0.3 is 0 Å². The molecular weight excluding hydrogens is 428 g/mol. The van der Waals surface area contributed by atoms with E-state index in [1.54, 1.807) is 0 Å². The molecule has 3 aromatic rings. The highest BCUT2D eigenvalue weighted by atomic mass is 16.7. The summed E-state index contributed by atoms with van der Waals surface area (Å²) in [6.45, 7) is 5.03. The van der Waals surface area contributed by atoms with Gasteiger partial charge in [-0.2, -0.15) is 0 Å². The Kier molecular flexibility index (Phi) is 4.69. The minimum atomic E-state index is -0.269. The molecule has 0 radical (unpaired) electrons. The number of para-hydroxylation sites is 1. The van der Waals surface area contributed by atoms with E-state index in [0.29, 0.717) is 29.3 Å². The molecule has 0 atom stereocenters. The summed E-state index contributed by atoms with van der Waals surface area (Å²) in [7, 11) is 0. The average molecular weight is 453 g/mol. The summed E-state index contributed by atoms with van der Waals surface area (Å²) >= 11 is 0. The van der Waals surface area contributed by atoms with E-state index < -0.39 is 0 Å². The van der Waals surface area contributed by atoms with Crippen LogP contribution < -0.4 is 14.4 Å². The van der Waals surface area contributed by atoms with Gasteiger partial charge in [-0.3, -0.25) is 14.5 Å². The molecule has 0 aromatic heterocycles. The van der Waals surface area contributed by atoms with Crippen molar-refractivity contribution in [2.45, 2.75) is 26.8 Å². The maximum Gasteiger partial charge on any atom is 0.278 e. The van der Waals surface area contributed by atoms with Crippen LogP contribution in [-0.4, -0.2) is 30.1 Å². The predicted octanol–water partition coefficient (Wildman–Crippen LogP) is 4.37. The van der Waals surface area contributed by atoms with Crippen LogP contribution in [0.5, 0.6) is 11.5 Å². The Bertz CT molecular complexity index is 1390. The highest BCUT2D eigenvalue weighted by Crippen LogP contribution is 2.40. The first-order chi connectivity index (χ1) is 16.5. The van der Waals surface area contributed by atoms with E-state index >= 15 is 0 Å². The van der Waals surface area contributed by atoms with Crippen molar-refractivity contribution >= 4 is 23.1 Å². The number of carbonyl (C=O) groups is 2. The molecule has 170 valence electrons. The fraction of sp³-hybridized carbons (Fsp3) is 0.214. The van der Waals surface area contributed by atoms with Crippen LogP contribution in [0.1, 0.15) is 27.8 Å². The maximum atomic E-state index is 13.9. The van der Waals surface area contributed by atoms with E-state index in [1.807, 2.05) is 67.3 Å². The predicted molar refractivity (Wildman–Crippen MR) is 128 cm³/mol. The zero-order chi connectivity index (χ0) is 23.4. The minimum absolute atomic E-state index is 0.168. The molecule has 6 nitrogen and oxygen atoms in total. The molecule has 0 saturated carbocycles. The molecule has 0 fully saturated rings. The second kappa shape index (κ2) is 7.76. The molecular formula is C28H24N2O4. The van der Waals surface area contributed by atoms with Gasteiger partial charge < -0.3 is 14.4 Å². The SMILES string of the molecule is Cc1ccc(C2=C(N3CCc4ccccc43)C(=O)N(Cc3ccc4c(c3)OCO4)C2=O)c(C)c1. The molecule has 0 spiro atoms. The van der Waals surface area contributed by atoms with Crippen molar-refractivity contribution in [3.05, 3.63) is 94.2 Å². The largest absolute Gasteiger partial charge is 0.454 e. The van der Waals surface area contributed by atoms with Gasteiger partial charge in [0.1, 0.15) is 5.70 Å². The molecule has 0 unspecified atom stereocenters. The van der Waals surface area contributed by atoms with E-state index in [1.165, 1.54) is 10.5 Å². The average Bonchev–Trinajstić information content (AvgIpc) is 3.52. The van der Waals surface area contributed by atoms with Gasteiger partial charge in [0.2, 0.25) is 6.79 Å². The molecule has 0 bridgehead atoms. The lowest BCUT2D eigenvalue weighted by Gasteiger charge is -2.22. The number of rotatable bonds is 4. The Hall–Kier alpha value is -4.06. The number of imide groups is 1. The normalized spacial score (nSPS) is 16.6. The summed E-state index contributed by atoms with van der Waals surface area (Å²) in [6, 6.07) is 19.6. The van der Waals surface area contributed by atoms with Crippen molar-refractivity contribution in [2.75, 3.05) is 18.2 Å². The van der Waals surface area contributed by atoms with Gasteiger partial charge in [-0.1, -0.05) is 48.0 Å². The van der Waals surface area contributed by atoms with Crippen molar-refractivity contribution in [2.24, 2.45) is 0 Å². The molecule has 0 aliphatic carbocycles. The smallest absolute Gasteiger partial charge is 0.278 e. The summed E-state index contributed by atoms with van der Waals surface area (Å²) in [5.41, 5.74) is 6.82. The number of ether oxygens (including phenoxy) is 2. The molecule has 2 amide bonds. The number of fused-ring (bicyclic) bond motifs is 2. The Morgan fingerprint density at radius 3 is 2.56 bits per heavy atom. The van der Waals surface area contributed by atoms with Crippen LogP contribution in [-0.2, 0) is 22.6 Å². The third-order valence-corrected chi connectivity index (χ3v) is 6.73. The third-order valence-electron chi connectivity index (χ3n) is 6.73. The van der Waals surface area contributed by atoms with Crippen molar-refractivity contribution < 1.29 is 19.1 Å². The Morgan fingerprint density at radius 1 is 0.882 bits per heavy atom. The van der Waals surface area contributed by atoms with Gasteiger partial charge in [0, 0.05) is 12.2 Å². The quantitative estimate of drug-likeness (QED) is 0.550. The van der Waals surface area contributed by atoms with Crippen molar-refractivity contribution in [1.82, 2.24) is 4.90 Å². The lowest BCUT2D eigenvalue weighted by Crippen LogP contribution is -2.34. The van der Waals surface area contributed by atoms with Crippen LogP contribution in [0.25, 0.3) is 5.57 Å². The van der Waals surface area contributed by atoms with Gasteiger partial charge in [-0.25, -0.2) is 0 Å². The van der Waals surface area contributed by atoms with Gasteiger partial charge in [-0.15, -0.1) is 0 Å². The van der Waals surface area contributed by atoms with Gasteiger partial charge in [0.05, 0.1) is 12.1 Å². The van der Waals surface area contributed by atoms with Crippen LogP contribution in [0.2, 0.25) is 0 Å². The number of hydrogen-bond acceptors (Lipinski definition) is 5. The first kappa shape index (κ1) is 20.5. The van der Waals surface area contributed by atoms with Gasteiger partial charge in [0.15, 0.2) is 11.5 Å². The van der Waals surface area contributed by atoms with E-state index in [-0.39, 0.29) is 25.2 Å². The summed E-state index contributed by atoms with van der Waals surface area (Å²) in [5, 5.41) is 0. The fourth-order valence-electron chi connectivity index (χ4n) is 5.09. The summed E-state index contributed by atoms with van der Waals surface area (Å²) in [4.78, 5) is 31.1. The summed E-state index contributed by atoms with van der Waals surface area (Å²) < 4.78 is 10.9. The highest BCUT2D eigenvalue weighted by molar-refractivity contribution is 6.37. The van der Waals surface area contributed by atoms with Crippen LogP contribution in [0.4, 0.5) is 5.69 Å². The molecule has 34 heavy (non-hydrogen) atoms. The van der Waals surface area contributed by atoms with Crippen LogP contribution >= 0.6 is 0 Å². The van der Waals surface area contributed by atoms with Crippen LogP contribution in [0, 0.1) is 13.8 Å². The summed E-state index contributed by atoms with van der Waals surface area (Å²) in [5.74, 6) is 0.766. The Balaban J connectivity index is 1.44. The lowest BCUT2D eigenvalue weighted by atomic mass is 9.97. The molecule has 3 aliphatic heterocycles.